The summed E-state index contributed by atoms with van der Waals surface area (Å²) in [4.78, 5) is 15.4. The van der Waals surface area contributed by atoms with Crippen molar-refractivity contribution in [1.82, 2.24) is 14.5 Å². The first-order valence-electron chi connectivity index (χ1n) is 9.72. The van der Waals surface area contributed by atoms with Crippen molar-refractivity contribution in [2.24, 2.45) is 11.8 Å². The van der Waals surface area contributed by atoms with E-state index in [2.05, 4.69) is 10.2 Å². The van der Waals surface area contributed by atoms with Gasteiger partial charge in [0.05, 0.1) is 4.90 Å². The molecule has 1 N–H and O–H groups in total. The van der Waals surface area contributed by atoms with Gasteiger partial charge in [0, 0.05) is 36.6 Å². The molecule has 8 heteroatoms. The van der Waals surface area contributed by atoms with Crippen LogP contribution >= 0.6 is 11.6 Å². The molecule has 5 rings (SSSR count). The van der Waals surface area contributed by atoms with Crippen molar-refractivity contribution in [3.63, 3.8) is 0 Å². The zero-order valence-electron chi connectivity index (χ0n) is 15.3. The molecule has 1 aromatic rings. The van der Waals surface area contributed by atoms with E-state index in [-0.39, 0.29) is 22.8 Å². The van der Waals surface area contributed by atoms with Crippen molar-refractivity contribution in [3.05, 3.63) is 29.3 Å². The van der Waals surface area contributed by atoms with Crippen LogP contribution in [0, 0.1) is 11.8 Å². The lowest BCUT2D eigenvalue weighted by atomic mass is 9.83. The molecule has 4 aliphatic heterocycles. The highest BCUT2D eigenvalue weighted by molar-refractivity contribution is 7.89. The molecular weight excluding hydrogens is 386 g/mol. The highest BCUT2D eigenvalue weighted by Crippen LogP contribution is 2.29. The number of rotatable bonds is 4. The van der Waals surface area contributed by atoms with Crippen LogP contribution in [-0.2, 0) is 14.8 Å². The molecule has 1 aromatic carbocycles. The monoisotopic (exact) mass is 411 g/mol. The molecular formula is C19H26ClN3O3S. The Morgan fingerprint density at radius 3 is 2.19 bits per heavy atom. The van der Waals surface area contributed by atoms with Crippen molar-refractivity contribution >= 4 is 27.5 Å². The first kappa shape index (κ1) is 19.2. The van der Waals surface area contributed by atoms with Gasteiger partial charge in [-0.2, -0.15) is 4.31 Å². The van der Waals surface area contributed by atoms with E-state index in [0.717, 1.165) is 19.6 Å². The quantitative estimate of drug-likeness (QED) is 0.822. The molecule has 2 bridgehead atoms. The van der Waals surface area contributed by atoms with Crippen LogP contribution in [0.3, 0.4) is 0 Å². The Bertz CT molecular complexity index is 783. The summed E-state index contributed by atoms with van der Waals surface area (Å²) < 4.78 is 27.0. The number of carbonyl (C=O) groups excluding carboxylic acids is 1. The Balaban J connectivity index is 1.33. The Kier molecular flexibility index (Phi) is 5.47. The molecule has 0 aromatic heterocycles. The number of fused-ring (bicyclic) bond motifs is 3. The number of hydrogen-bond donors (Lipinski definition) is 1. The van der Waals surface area contributed by atoms with Gasteiger partial charge in [-0.05, 0) is 69.0 Å². The molecule has 1 amide bonds. The van der Waals surface area contributed by atoms with Gasteiger partial charge in [0.15, 0.2) is 0 Å². The normalized spacial score (nSPS) is 29.6. The molecule has 1 unspecified atom stereocenters. The number of halogens is 1. The average Bonchev–Trinajstić information content (AvgIpc) is 2.69. The number of nitrogens with one attached hydrogen (secondary N) is 1. The second kappa shape index (κ2) is 7.70. The Hall–Kier alpha value is -1.15. The van der Waals surface area contributed by atoms with Gasteiger partial charge in [-0.15, -0.1) is 0 Å². The smallest absolute Gasteiger partial charge is 0.243 e. The van der Waals surface area contributed by atoms with Gasteiger partial charge < -0.3 is 10.2 Å². The summed E-state index contributed by atoms with van der Waals surface area (Å²) in [5.74, 6) is 0.596. The first-order valence-corrected chi connectivity index (χ1v) is 11.5. The minimum atomic E-state index is -3.53. The largest absolute Gasteiger partial charge is 0.352 e. The Morgan fingerprint density at radius 2 is 1.63 bits per heavy atom. The highest BCUT2D eigenvalue weighted by Gasteiger charge is 2.37. The van der Waals surface area contributed by atoms with Gasteiger partial charge in [-0.25, -0.2) is 8.42 Å². The van der Waals surface area contributed by atoms with Crippen LogP contribution in [-0.4, -0.2) is 62.3 Å². The zero-order valence-corrected chi connectivity index (χ0v) is 16.9. The number of nitrogens with zero attached hydrogens (tertiary/aromatic N) is 2. The summed E-state index contributed by atoms with van der Waals surface area (Å²) in [5, 5.41) is 3.76. The first-order chi connectivity index (χ1) is 12.9. The van der Waals surface area contributed by atoms with Gasteiger partial charge in [0.25, 0.3) is 0 Å². The predicted molar refractivity (Wildman–Crippen MR) is 104 cm³/mol. The molecule has 0 aliphatic carbocycles. The average molecular weight is 412 g/mol. The topological polar surface area (TPSA) is 69.7 Å². The lowest BCUT2D eigenvalue weighted by Gasteiger charge is -2.45. The summed E-state index contributed by atoms with van der Waals surface area (Å²) >= 11 is 5.85. The maximum Gasteiger partial charge on any atom is 0.243 e. The van der Waals surface area contributed by atoms with E-state index >= 15 is 0 Å². The maximum absolute atomic E-state index is 12.8. The fourth-order valence-electron chi connectivity index (χ4n) is 4.54. The molecule has 27 heavy (non-hydrogen) atoms. The number of amides is 1. The SMILES string of the molecule is O=C(NC1CN2CCC1CC2)C1CCN(S(=O)(=O)c2ccc(Cl)cc2)CC1. The van der Waals surface area contributed by atoms with Crippen molar-refractivity contribution in [2.45, 2.75) is 36.6 Å². The Morgan fingerprint density at radius 1 is 1.00 bits per heavy atom. The van der Waals surface area contributed by atoms with E-state index in [9.17, 15) is 13.2 Å². The van der Waals surface area contributed by atoms with E-state index < -0.39 is 10.0 Å². The summed E-state index contributed by atoms with van der Waals surface area (Å²) in [7, 11) is -3.53. The standard InChI is InChI=1S/C19H26ClN3O3S/c20-16-1-3-17(4-2-16)27(25,26)23-11-7-15(8-12-23)19(24)21-18-13-22-9-5-14(18)6-10-22/h1-4,14-15,18H,5-13H2,(H,21,24). The fraction of sp³-hybridized carbons (Fsp3) is 0.632. The Labute approximate surface area is 165 Å². The summed E-state index contributed by atoms with van der Waals surface area (Å²) in [6.45, 7) is 4.02. The number of carbonyl (C=O) groups is 1. The fourth-order valence-corrected chi connectivity index (χ4v) is 6.14. The summed E-state index contributed by atoms with van der Waals surface area (Å²) in [5.41, 5.74) is 0. The number of sulfonamides is 1. The molecule has 0 spiro atoms. The van der Waals surface area contributed by atoms with Crippen LogP contribution in [0.5, 0.6) is 0 Å². The molecule has 1 atom stereocenters. The number of hydrogen-bond acceptors (Lipinski definition) is 4. The highest BCUT2D eigenvalue weighted by atomic mass is 35.5. The van der Waals surface area contributed by atoms with Crippen LogP contribution in [0.1, 0.15) is 25.7 Å². The molecule has 4 saturated heterocycles. The van der Waals surface area contributed by atoms with Crippen LogP contribution in [0.4, 0.5) is 0 Å². The third kappa shape index (κ3) is 4.01. The van der Waals surface area contributed by atoms with Crippen molar-refractivity contribution in [2.75, 3.05) is 32.7 Å². The van der Waals surface area contributed by atoms with Gasteiger partial charge in [0.2, 0.25) is 15.9 Å². The van der Waals surface area contributed by atoms with Crippen molar-refractivity contribution in [3.8, 4) is 0 Å². The minimum absolute atomic E-state index is 0.0947. The predicted octanol–water partition coefficient (Wildman–Crippen LogP) is 1.95. The molecule has 4 heterocycles. The molecule has 4 aliphatic rings. The van der Waals surface area contributed by atoms with E-state index in [1.165, 1.54) is 29.3 Å². The third-order valence-corrected chi connectivity index (χ3v) is 8.42. The van der Waals surface area contributed by atoms with Gasteiger partial charge in [-0.3, -0.25) is 4.79 Å². The third-order valence-electron chi connectivity index (χ3n) is 6.26. The maximum atomic E-state index is 12.8. The summed E-state index contributed by atoms with van der Waals surface area (Å²) in [6.07, 6.45) is 3.48. The van der Waals surface area contributed by atoms with E-state index in [1.807, 2.05) is 0 Å². The molecule has 148 valence electrons. The number of benzene rings is 1. The van der Waals surface area contributed by atoms with Crippen molar-refractivity contribution in [1.29, 1.82) is 0 Å². The second-order valence-electron chi connectivity index (χ2n) is 7.89. The molecule has 0 radical (unpaired) electrons. The number of piperidine rings is 4. The molecule has 4 fully saturated rings. The lowest BCUT2D eigenvalue weighted by molar-refractivity contribution is -0.128. The lowest BCUT2D eigenvalue weighted by Crippen LogP contribution is -2.58. The van der Waals surface area contributed by atoms with E-state index in [1.54, 1.807) is 12.1 Å². The van der Waals surface area contributed by atoms with Gasteiger partial charge >= 0.3 is 0 Å². The molecule has 0 saturated carbocycles. The van der Waals surface area contributed by atoms with Crippen LogP contribution in [0.25, 0.3) is 0 Å². The minimum Gasteiger partial charge on any atom is -0.352 e. The van der Waals surface area contributed by atoms with Crippen LogP contribution < -0.4 is 5.32 Å². The van der Waals surface area contributed by atoms with Crippen LogP contribution in [0.2, 0.25) is 5.02 Å². The summed E-state index contributed by atoms with van der Waals surface area (Å²) in [6, 6.07) is 6.50. The van der Waals surface area contributed by atoms with Crippen molar-refractivity contribution < 1.29 is 13.2 Å². The zero-order chi connectivity index (χ0) is 19.0. The second-order valence-corrected chi connectivity index (χ2v) is 10.3. The van der Waals surface area contributed by atoms with Gasteiger partial charge in [-0.1, -0.05) is 11.6 Å². The van der Waals surface area contributed by atoms with E-state index in [0.29, 0.717) is 36.9 Å². The van der Waals surface area contributed by atoms with E-state index in [4.69, 9.17) is 11.6 Å². The van der Waals surface area contributed by atoms with Gasteiger partial charge in [0.1, 0.15) is 0 Å². The molecule has 6 nitrogen and oxygen atoms in total. The van der Waals surface area contributed by atoms with Crippen LogP contribution in [0.15, 0.2) is 29.2 Å².